The van der Waals surface area contributed by atoms with Gasteiger partial charge in [-0.2, -0.15) is 0 Å². The average Bonchev–Trinajstić information content (AvgIpc) is 3.22. The van der Waals surface area contributed by atoms with Crippen LogP contribution in [0.1, 0.15) is 55.3 Å². The molecule has 0 unspecified atom stereocenters. The summed E-state index contributed by atoms with van der Waals surface area (Å²) in [6.45, 7) is 1.38. The van der Waals surface area contributed by atoms with Crippen LogP contribution < -0.4 is 15.5 Å². The van der Waals surface area contributed by atoms with Crippen molar-refractivity contribution >= 4 is 29.4 Å². The van der Waals surface area contributed by atoms with Gasteiger partial charge in [-0.15, -0.1) is 0 Å². The quantitative estimate of drug-likeness (QED) is 0.153. The van der Waals surface area contributed by atoms with Crippen LogP contribution >= 0.6 is 11.6 Å². The number of nitrogens with one attached hydrogen (secondary N) is 1. The summed E-state index contributed by atoms with van der Waals surface area (Å²) in [4.78, 5) is 56.1. The number of nitrogens with zero attached hydrogens (tertiary/aromatic N) is 2. The number of aromatic nitrogens is 1. The first-order valence-electron chi connectivity index (χ1n) is 14.8. The SMILES string of the molecule is C[C@H]1C=C[C@@H](OC(=O)c2ccccc2)[C@H]2CN1C(=O)c1c(OCc3ccccc3)c(=O)c(C(=O)NCc3ccc(F)c(Cl)c3F)cn12. The molecule has 1 N–H and O–H groups in total. The Morgan fingerprint density at radius 3 is 2.40 bits per heavy atom. The zero-order valence-corrected chi connectivity index (χ0v) is 25.7. The summed E-state index contributed by atoms with van der Waals surface area (Å²) in [5, 5.41) is 1.75. The van der Waals surface area contributed by atoms with Gasteiger partial charge in [0, 0.05) is 30.9 Å². The van der Waals surface area contributed by atoms with Crippen LogP contribution in [0.3, 0.4) is 0 Å². The Labute approximate surface area is 273 Å². The monoisotopic (exact) mass is 659 g/mol. The van der Waals surface area contributed by atoms with Crippen molar-refractivity contribution in [2.24, 2.45) is 0 Å². The minimum Gasteiger partial charge on any atom is -0.483 e. The first-order chi connectivity index (χ1) is 22.6. The molecule has 2 bridgehead atoms. The maximum atomic E-state index is 14.6. The third kappa shape index (κ3) is 6.26. The molecule has 47 heavy (non-hydrogen) atoms. The topological polar surface area (TPSA) is 107 Å². The van der Waals surface area contributed by atoms with Gasteiger partial charge in [0.15, 0.2) is 11.4 Å². The molecule has 4 aromatic rings. The van der Waals surface area contributed by atoms with Crippen LogP contribution in [0.15, 0.2) is 95.9 Å². The zero-order valence-electron chi connectivity index (χ0n) is 25.0. The van der Waals surface area contributed by atoms with Gasteiger partial charge in [0.25, 0.3) is 11.8 Å². The number of pyridine rings is 1. The van der Waals surface area contributed by atoms with Crippen molar-refractivity contribution < 1.29 is 32.6 Å². The van der Waals surface area contributed by atoms with Gasteiger partial charge in [0.2, 0.25) is 5.43 Å². The minimum atomic E-state index is -1.05. The molecule has 2 aliphatic rings. The number of esters is 1. The van der Waals surface area contributed by atoms with E-state index in [1.54, 1.807) is 78.6 Å². The largest absolute Gasteiger partial charge is 0.483 e. The number of benzene rings is 3. The summed E-state index contributed by atoms with van der Waals surface area (Å²) >= 11 is 5.69. The van der Waals surface area contributed by atoms with Gasteiger partial charge < -0.3 is 24.3 Å². The van der Waals surface area contributed by atoms with E-state index in [4.69, 9.17) is 21.1 Å². The molecule has 0 saturated carbocycles. The van der Waals surface area contributed by atoms with Crippen molar-refractivity contribution in [2.75, 3.05) is 6.54 Å². The lowest BCUT2D eigenvalue weighted by Crippen LogP contribution is -2.50. The summed E-state index contributed by atoms with van der Waals surface area (Å²) in [6, 6.07) is 18.3. The van der Waals surface area contributed by atoms with Crippen molar-refractivity contribution in [3.8, 4) is 5.75 Å². The Balaban J connectivity index is 1.42. The maximum Gasteiger partial charge on any atom is 0.338 e. The summed E-state index contributed by atoms with van der Waals surface area (Å²) < 4.78 is 41.6. The fraction of sp³-hybridized carbons (Fsp3) is 0.200. The van der Waals surface area contributed by atoms with Gasteiger partial charge in [-0.1, -0.05) is 72.3 Å². The third-order valence-electron chi connectivity index (χ3n) is 8.12. The molecule has 0 saturated heterocycles. The number of ether oxygens (including phenoxy) is 2. The van der Waals surface area contributed by atoms with E-state index < -0.39 is 70.2 Å². The van der Waals surface area contributed by atoms with Gasteiger partial charge in [0.05, 0.1) is 11.6 Å². The second kappa shape index (κ2) is 13.2. The van der Waals surface area contributed by atoms with Gasteiger partial charge in [-0.05, 0) is 36.8 Å². The lowest BCUT2D eigenvalue weighted by atomic mass is 10.0. The summed E-state index contributed by atoms with van der Waals surface area (Å²) in [5.74, 6) is -4.38. The normalized spacial score (nSPS) is 18.3. The molecule has 0 aliphatic carbocycles. The number of carbonyl (C=O) groups is 3. The van der Waals surface area contributed by atoms with Gasteiger partial charge in [-0.25, -0.2) is 13.6 Å². The standard InChI is InChI=1S/C35H28ClF2N3O6/c1-20-12-15-27(47-35(45)22-10-6-3-7-11-22)26-18-40(20)34(44)30-32(46-19-21-8-4-2-5-9-21)31(42)24(17-41(26)30)33(43)39-16-23-13-14-25(37)28(36)29(23)38/h2-15,17,20,26-27H,16,18-19H2,1H3,(H,39,43)/t20-,26+,27+/m0/s1. The molecule has 12 heteroatoms. The van der Waals surface area contributed by atoms with Crippen molar-refractivity contribution in [1.82, 2.24) is 14.8 Å². The molecule has 0 spiro atoms. The second-order valence-corrected chi connectivity index (χ2v) is 11.5. The molecule has 3 aromatic carbocycles. The van der Waals surface area contributed by atoms with Crippen LogP contribution in [0, 0.1) is 11.6 Å². The Morgan fingerprint density at radius 1 is 0.979 bits per heavy atom. The van der Waals surface area contributed by atoms with Gasteiger partial charge in [0.1, 0.15) is 34.9 Å². The molecule has 1 aromatic heterocycles. The summed E-state index contributed by atoms with van der Waals surface area (Å²) in [5.41, 5.74) is -0.455. The summed E-state index contributed by atoms with van der Waals surface area (Å²) in [7, 11) is 0. The predicted octanol–water partition coefficient (Wildman–Crippen LogP) is 5.47. The van der Waals surface area contributed by atoms with Crippen LogP contribution in [0.2, 0.25) is 5.02 Å². The predicted molar refractivity (Wildman–Crippen MR) is 168 cm³/mol. The highest BCUT2D eigenvalue weighted by Gasteiger charge is 2.42. The van der Waals surface area contributed by atoms with Crippen LogP contribution in [0.5, 0.6) is 5.75 Å². The van der Waals surface area contributed by atoms with E-state index in [0.29, 0.717) is 11.1 Å². The fourth-order valence-electron chi connectivity index (χ4n) is 5.59. The summed E-state index contributed by atoms with van der Waals surface area (Å²) in [6.07, 6.45) is 3.75. The van der Waals surface area contributed by atoms with Crippen LogP contribution in [-0.4, -0.2) is 45.9 Å². The molecule has 0 radical (unpaired) electrons. The molecule has 2 amide bonds. The number of rotatable bonds is 8. The number of amides is 2. The molecule has 3 atom stereocenters. The van der Waals surface area contributed by atoms with E-state index in [2.05, 4.69) is 5.32 Å². The van der Waals surface area contributed by atoms with E-state index in [0.717, 1.165) is 12.1 Å². The average molecular weight is 660 g/mol. The molecular formula is C35H28ClF2N3O6. The first-order valence-corrected chi connectivity index (χ1v) is 15.1. The smallest absolute Gasteiger partial charge is 0.338 e. The highest BCUT2D eigenvalue weighted by Crippen LogP contribution is 2.34. The molecule has 0 fully saturated rings. The first kappa shape index (κ1) is 31.7. The van der Waals surface area contributed by atoms with Crippen molar-refractivity contribution in [3.05, 3.63) is 146 Å². The highest BCUT2D eigenvalue weighted by atomic mass is 35.5. The van der Waals surface area contributed by atoms with Crippen LogP contribution in [0.25, 0.3) is 0 Å². The number of carbonyl (C=O) groups excluding carboxylic acids is 3. The number of hydrogen-bond acceptors (Lipinski definition) is 6. The molecular weight excluding hydrogens is 632 g/mol. The third-order valence-corrected chi connectivity index (χ3v) is 8.47. The Kier molecular flexibility index (Phi) is 8.91. The fourth-order valence-corrected chi connectivity index (χ4v) is 5.77. The van der Waals surface area contributed by atoms with E-state index in [1.165, 1.54) is 10.8 Å². The number of hydrogen-bond donors (Lipinski definition) is 1. The lowest BCUT2D eigenvalue weighted by Gasteiger charge is -2.39. The highest BCUT2D eigenvalue weighted by molar-refractivity contribution is 6.31. The van der Waals surface area contributed by atoms with Crippen molar-refractivity contribution in [3.63, 3.8) is 0 Å². The minimum absolute atomic E-state index is 0.0914. The molecule has 240 valence electrons. The van der Waals surface area contributed by atoms with Crippen molar-refractivity contribution in [2.45, 2.75) is 38.3 Å². The molecule has 6 rings (SSSR count). The van der Waals surface area contributed by atoms with E-state index in [1.807, 2.05) is 6.07 Å². The Morgan fingerprint density at radius 2 is 1.68 bits per heavy atom. The van der Waals surface area contributed by atoms with Gasteiger partial charge in [-0.3, -0.25) is 14.4 Å². The van der Waals surface area contributed by atoms with E-state index in [9.17, 15) is 28.0 Å². The second-order valence-electron chi connectivity index (χ2n) is 11.1. The van der Waals surface area contributed by atoms with Crippen LogP contribution in [0.4, 0.5) is 8.78 Å². The van der Waals surface area contributed by atoms with Crippen molar-refractivity contribution in [1.29, 1.82) is 0 Å². The zero-order chi connectivity index (χ0) is 33.2. The number of halogens is 3. The Bertz CT molecular complexity index is 1950. The van der Waals surface area contributed by atoms with E-state index >= 15 is 0 Å². The Hall–Kier alpha value is -5.29. The molecule has 3 heterocycles. The number of fused-ring (bicyclic) bond motifs is 4. The molecule has 2 aliphatic heterocycles. The van der Waals surface area contributed by atoms with E-state index in [-0.39, 0.29) is 30.2 Å². The van der Waals surface area contributed by atoms with Crippen LogP contribution in [-0.2, 0) is 17.9 Å². The lowest BCUT2D eigenvalue weighted by molar-refractivity contribution is 0.0207. The maximum absolute atomic E-state index is 14.6. The molecule has 9 nitrogen and oxygen atoms in total. The van der Waals surface area contributed by atoms with Gasteiger partial charge >= 0.3 is 5.97 Å².